The molecule has 4 bridgehead atoms. The molecule has 5 aliphatic rings. The first-order chi connectivity index (χ1) is 14.3. The fraction of sp³-hybridized carbons (Fsp3) is 0.840. The molecular weight excluding hydrogens is 410 g/mol. The number of thioether (sulfide) groups is 2. The summed E-state index contributed by atoms with van der Waals surface area (Å²) in [6.45, 7) is 5.95. The van der Waals surface area contributed by atoms with Gasteiger partial charge in [-0.05, 0) is 77.6 Å². The molecular formula is C25H39NO2S2. The number of carbonyl (C=O) groups is 2. The van der Waals surface area contributed by atoms with Crippen LogP contribution in [0.15, 0.2) is 9.81 Å². The minimum absolute atomic E-state index is 0.0319. The van der Waals surface area contributed by atoms with Gasteiger partial charge in [0.15, 0.2) is 0 Å². The summed E-state index contributed by atoms with van der Waals surface area (Å²) in [6.07, 6.45) is 16.9. The van der Waals surface area contributed by atoms with Crippen molar-refractivity contribution < 1.29 is 9.59 Å². The minimum Gasteiger partial charge on any atom is -0.268 e. The third kappa shape index (κ3) is 5.14. The first kappa shape index (κ1) is 22.8. The van der Waals surface area contributed by atoms with Crippen LogP contribution < -0.4 is 0 Å². The summed E-state index contributed by atoms with van der Waals surface area (Å²) in [5.41, 5.74) is -0.465. The molecule has 168 valence electrons. The molecule has 2 atom stereocenters. The standard InChI is InChI=1S/C25H39NO2S2/c1-25(2,3)26-23(27)21-22(24(26)28)30-20-15-12-18(13-16-20)8-5-4-7-17-9-6-10-19(29-21)14-11-17/h17-20H,4-16H2,1-3H3. The van der Waals surface area contributed by atoms with Gasteiger partial charge in [-0.3, -0.25) is 14.5 Å². The maximum atomic E-state index is 13.4. The molecule has 0 N–H and O–H groups in total. The van der Waals surface area contributed by atoms with Gasteiger partial charge in [-0.1, -0.05) is 38.5 Å². The molecule has 3 heterocycles. The number of amides is 2. The number of fused-ring (bicyclic) bond motifs is 5. The van der Waals surface area contributed by atoms with Crippen molar-refractivity contribution >= 4 is 35.3 Å². The second-order valence-electron chi connectivity index (χ2n) is 10.9. The molecule has 2 fully saturated rings. The number of hydrogen-bond acceptors (Lipinski definition) is 4. The molecule has 2 aliphatic carbocycles. The van der Waals surface area contributed by atoms with Crippen LogP contribution in [0, 0.1) is 11.8 Å². The Morgan fingerprint density at radius 1 is 0.633 bits per heavy atom. The zero-order chi connectivity index (χ0) is 21.3. The molecule has 0 aromatic rings. The second kappa shape index (κ2) is 9.60. The Morgan fingerprint density at radius 3 is 1.57 bits per heavy atom. The molecule has 2 unspecified atom stereocenters. The van der Waals surface area contributed by atoms with Gasteiger partial charge in [-0.15, -0.1) is 23.5 Å². The van der Waals surface area contributed by atoms with Crippen molar-refractivity contribution in [3.8, 4) is 0 Å². The molecule has 2 amide bonds. The molecule has 0 aromatic heterocycles. The lowest BCUT2D eigenvalue weighted by molar-refractivity contribution is -0.142. The van der Waals surface area contributed by atoms with Crippen LogP contribution in [-0.4, -0.2) is 32.8 Å². The molecule has 3 aliphatic heterocycles. The molecule has 30 heavy (non-hydrogen) atoms. The van der Waals surface area contributed by atoms with E-state index in [-0.39, 0.29) is 11.8 Å². The minimum atomic E-state index is -0.465. The lowest BCUT2D eigenvalue weighted by atomic mass is 9.84. The molecule has 0 radical (unpaired) electrons. The van der Waals surface area contributed by atoms with Crippen LogP contribution >= 0.6 is 23.5 Å². The highest BCUT2D eigenvalue weighted by Crippen LogP contribution is 2.47. The SMILES string of the molecule is CC(C)(C)N1C(=O)C2=C(SC3CCC(CCCCC4CCCC(CC4)S2)CC3)C1=O. The lowest BCUT2D eigenvalue weighted by Gasteiger charge is -2.31. The highest BCUT2D eigenvalue weighted by atomic mass is 32.2. The molecule has 0 aromatic carbocycles. The van der Waals surface area contributed by atoms with Gasteiger partial charge < -0.3 is 0 Å². The van der Waals surface area contributed by atoms with Crippen LogP contribution in [0.5, 0.6) is 0 Å². The highest BCUT2D eigenvalue weighted by Gasteiger charge is 2.46. The summed E-state index contributed by atoms with van der Waals surface area (Å²) in [6, 6.07) is 0. The molecule has 3 nitrogen and oxygen atoms in total. The summed E-state index contributed by atoms with van der Waals surface area (Å²) in [4.78, 5) is 29.9. The first-order valence-corrected chi connectivity index (χ1v) is 14.1. The second-order valence-corrected chi connectivity index (χ2v) is 13.6. The van der Waals surface area contributed by atoms with Crippen LogP contribution in [0.1, 0.15) is 104 Å². The van der Waals surface area contributed by atoms with Gasteiger partial charge in [-0.2, -0.15) is 0 Å². The van der Waals surface area contributed by atoms with E-state index in [0.29, 0.717) is 10.5 Å². The Bertz CT molecular complexity index is 688. The summed E-state index contributed by atoms with van der Waals surface area (Å²) in [5, 5.41) is 0.982. The zero-order valence-corrected chi connectivity index (χ0v) is 20.7. The van der Waals surface area contributed by atoms with E-state index in [1.54, 1.807) is 23.5 Å². The molecule has 0 spiro atoms. The van der Waals surface area contributed by atoms with Crippen LogP contribution in [0.2, 0.25) is 0 Å². The third-order valence-corrected chi connectivity index (χ3v) is 10.5. The average molecular weight is 450 g/mol. The fourth-order valence-electron chi connectivity index (χ4n) is 5.80. The summed E-state index contributed by atoms with van der Waals surface area (Å²) >= 11 is 3.49. The van der Waals surface area contributed by atoms with E-state index >= 15 is 0 Å². The van der Waals surface area contributed by atoms with Crippen LogP contribution in [0.3, 0.4) is 0 Å². The van der Waals surface area contributed by atoms with Crippen molar-refractivity contribution in [2.75, 3.05) is 0 Å². The Morgan fingerprint density at radius 2 is 1.07 bits per heavy atom. The average Bonchev–Trinajstić information content (AvgIpc) is 2.83. The monoisotopic (exact) mass is 449 g/mol. The van der Waals surface area contributed by atoms with E-state index in [9.17, 15) is 9.59 Å². The number of hydrogen-bond donors (Lipinski definition) is 0. The normalized spacial score (nSPS) is 34.4. The van der Waals surface area contributed by atoms with Crippen LogP contribution in [0.4, 0.5) is 0 Å². The van der Waals surface area contributed by atoms with Crippen LogP contribution in [0.25, 0.3) is 0 Å². The maximum Gasteiger partial charge on any atom is 0.269 e. The fourth-order valence-corrected chi connectivity index (χ4v) is 8.57. The van der Waals surface area contributed by atoms with Gasteiger partial charge in [0.2, 0.25) is 0 Å². The Labute approximate surface area is 191 Å². The summed E-state index contributed by atoms with van der Waals surface area (Å²) in [5.74, 6) is 1.68. The largest absolute Gasteiger partial charge is 0.269 e. The first-order valence-electron chi connectivity index (χ1n) is 12.3. The number of nitrogens with zero attached hydrogens (tertiary/aromatic N) is 1. The van der Waals surface area contributed by atoms with Gasteiger partial charge >= 0.3 is 0 Å². The zero-order valence-electron chi connectivity index (χ0n) is 19.1. The van der Waals surface area contributed by atoms with Gasteiger partial charge in [0.1, 0.15) is 0 Å². The quantitative estimate of drug-likeness (QED) is 0.376. The Kier molecular flexibility index (Phi) is 7.29. The van der Waals surface area contributed by atoms with E-state index < -0.39 is 5.54 Å². The molecule has 5 heteroatoms. The molecule has 5 rings (SSSR count). The predicted octanol–water partition coefficient (Wildman–Crippen LogP) is 6.91. The van der Waals surface area contributed by atoms with Crippen molar-refractivity contribution in [2.45, 2.75) is 120 Å². The van der Waals surface area contributed by atoms with Crippen molar-refractivity contribution in [3.05, 3.63) is 9.81 Å². The van der Waals surface area contributed by atoms with Gasteiger partial charge in [0, 0.05) is 16.0 Å². The van der Waals surface area contributed by atoms with E-state index in [1.807, 2.05) is 20.8 Å². The molecule has 2 saturated carbocycles. The van der Waals surface area contributed by atoms with E-state index in [0.717, 1.165) is 21.6 Å². The highest BCUT2D eigenvalue weighted by molar-refractivity contribution is 8.08. The smallest absolute Gasteiger partial charge is 0.268 e. The van der Waals surface area contributed by atoms with Gasteiger partial charge in [-0.25, -0.2) is 0 Å². The third-order valence-electron chi connectivity index (χ3n) is 7.54. The number of rotatable bonds is 0. The summed E-state index contributed by atoms with van der Waals surface area (Å²) < 4.78 is 0. The van der Waals surface area contributed by atoms with E-state index in [1.165, 1.54) is 88.4 Å². The predicted molar refractivity (Wildman–Crippen MR) is 128 cm³/mol. The lowest BCUT2D eigenvalue weighted by Crippen LogP contribution is -2.46. The summed E-state index contributed by atoms with van der Waals surface area (Å²) in [7, 11) is 0. The Balaban J connectivity index is 1.61. The number of carbonyl (C=O) groups excluding carboxylic acids is 2. The van der Waals surface area contributed by atoms with Gasteiger partial charge in [0.05, 0.1) is 9.81 Å². The van der Waals surface area contributed by atoms with Gasteiger partial charge in [0.25, 0.3) is 11.8 Å². The topological polar surface area (TPSA) is 37.4 Å². The van der Waals surface area contributed by atoms with Crippen molar-refractivity contribution in [1.82, 2.24) is 4.90 Å². The molecule has 0 saturated heterocycles. The van der Waals surface area contributed by atoms with Crippen molar-refractivity contribution in [3.63, 3.8) is 0 Å². The maximum absolute atomic E-state index is 13.4. The van der Waals surface area contributed by atoms with E-state index in [4.69, 9.17) is 0 Å². The number of imide groups is 1. The Hall–Kier alpha value is -0.420. The van der Waals surface area contributed by atoms with E-state index in [2.05, 4.69) is 0 Å². The van der Waals surface area contributed by atoms with Crippen molar-refractivity contribution in [2.24, 2.45) is 11.8 Å². The van der Waals surface area contributed by atoms with Crippen LogP contribution in [-0.2, 0) is 9.59 Å². The van der Waals surface area contributed by atoms with Crippen molar-refractivity contribution in [1.29, 1.82) is 0 Å².